The first kappa shape index (κ1) is 25.1. The Hall–Kier alpha value is -1.25. The van der Waals surface area contributed by atoms with Gasteiger partial charge < -0.3 is 25.1 Å². The van der Waals surface area contributed by atoms with Crippen LogP contribution in [0.25, 0.3) is 0 Å². The van der Waals surface area contributed by atoms with E-state index in [1.165, 1.54) is 6.07 Å². The molecule has 6 rings (SSSR count). The van der Waals surface area contributed by atoms with Crippen LogP contribution in [-0.4, -0.2) is 64.7 Å². The molecular weight excluding hydrogens is 456 g/mol. The second kappa shape index (κ2) is 8.63. The van der Waals surface area contributed by atoms with Gasteiger partial charge in [0.05, 0.1) is 30.2 Å². The maximum Gasteiger partial charge on any atom is 0.335 e. The molecule has 0 amide bonds. The second-order valence-electron chi connectivity index (χ2n) is 13.2. The SMILES string of the molecule is C[C@]12CC[C@H](N3CCOC(CN)C3)C[C@@]1(O)CC[C@@H]1[C@@H]2CC[C@]2(C)[C@@H](c3ccc(=O)oc3)CC[C@]12O. The standard InChI is InChI=1S/C29H44N2O5/c1-26-9-5-20(31-13-14-35-21(16-30)17-31)15-28(26,33)11-7-24-23(26)6-10-27(2)22(8-12-29(24,27)34)19-3-4-25(32)36-18-19/h3-4,18,20-24,33-34H,5-17,30H2,1-2H3/t20-,21?,22+,23-,24+,26+,27+,28-,29-/m0/s1. The zero-order valence-electron chi connectivity index (χ0n) is 22.0. The van der Waals surface area contributed by atoms with Crippen LogP contribution in [0.4, 0.5) is 0 Å². The van der Waals surface area contributed by atoms with Crippen LogP contribution in [0.5, 0.6) is 0 Å². The van der Waals surface area contributed by atoms with Crippen LogP contribution in [0, 0.1) is 22.7 Å². The molecule has 36 heavy (non-hydrogen) atoms. The molecule has 0 radical (unpaired) electrons. The predicted molar refractivity (Wildman–Crippen MR) is 137 cm³/mol. The summed E-state index contributed by atoms with van der Waals surface area (Å²) in [5.74, 6) is 0.710. The van der Waals surface area contributed by atoms with Gasteiger partial charge in [-0.25, -0.2) is 4.79 Å². The lowest BCUT2D eigenvalue weighted by molar-refractivity contribution is -0.251. The monoisotopic (exact) mass is 500 g/mol. The van der Waals surface area contributed by atoms with E-state index in [0.29, 0.717) is 18.5 Å². The molecule has 200 valence electrons. The van der Waals surface area contributed by atoms with Crippen LogP contribution in [0.15, 0.2) is 27.6 Å². The van der Waals surface area contributed by atoms with Crippen molar-refractivity contribution in [2.75, 3.05) is 26.2 Å². The molecule has 5 aliphatic rings. The van der Waals surface area contributed by atoms with Gasteiger partial charge in [-0.15, -0.1) is 0 Å². The summed E-state index contributed by atoms with van der Waals surface area (Å²) in [6.07, 6.45) is 9.89. The van der Waals surface area contributed by atoms with Crippen molar-refractivity contribution in [2.45, 2.75) is 101 Å². The molecule has 2 heterocycles. The lowest BCUT2D eigenvalue weighted by Gasteiger charge is -2.66. The fourth-order valence-electron chi connectivity index (χ4n) is 9.83. The molecule has 0 spiro atoms. The highest BCUT2D eigenvalue weighted by Crippen LogP contribution is 2.71. The summed E-state index contributed by atoms with van der Waals surface area (Å²) in [4.78, 5) is 14.1. The summed E-state index contributed by atoms with van der Waals surface area (Å²) in [6, 6.07) is 3.77. The highest BCUT2D eigenvalue weighted by atomic mass is 16.5. The van der Waals surface area contributed by atoms with Crippen LogP contribution in [0.3, 0.4) is 0 Å². The van der Waals surface area contributed by atoms with Gasteiger partial charge in [0.1, 0.15) is 0 Å². The lowest BCUT2D eigenvalue weighted by atomic mass is 9.41. The highest BCUT2D eigenvalue weighted by Gasteiger charge is 2.70. The predicted octanol–water partition coefficient (Wildman–Crippen LogP) is 3.02. The van der Waals surface area contributed by atoms with Crippen molar-refractivity contribution >= 4 is 0 Å². The van der Waals surface area contributed by atoms with Gasteiger partial charge in [-0.2, -0.15) is 0 Å². The molecule has 1 aromatic heterocycles. The summed E-state index contributed by atoms with van der Waals surface area (Å²) in [5.41, 5.74) is 4.73. The van der Waals surface area contributed by atoms with Crippen molar-refractivity contribution in [1.82, 2.24) is 4.90 Å². The van der Waals surface area contributed by atoms with Gasteiger partial charge in [0.15, 0.2) is 0 Å². The average molecular weight is 501 g/mol. The van der Waals surface area contributed by atoms with E-state index in [2.05, 4.69) is 18.7 Å². The molecule has 9 atom stereocenters. The molecule has 4 saturated carbocycles. The Morgan fingerprint density at radius 2 is 1.81 bits per heavy atom. The Morgan fingerprint density at radius 3 is 2.56 bits per heavy atom. The minimum atomic E-state index is -0.754. The third kappa shape index (κ3) is 3.46. The summed E-state index contributed by atoms with van der Waals surface area (Å²) in [7, 11) is 0. The summed E-state index contributed by atoms with van der Waals surface area (Å²) >= 11 is 0. The molecule has 0 bridgehead atoms. The number of fused-ring (bicyclic) bond motifs is 5. The van der Waals surface area contributed by atoms with Crippen molar-refractivity contribution in [3.63, 3.8) is 0 Å². The first-order valence-electron chi connectivity index (χ1n) is 14.2. The maximum absolute atomic E-state index is 12.4. The number of morpholine rings is 1. The molecule has 4 aliphatic carbocycles. The van der Waals surface area contributed by atoms with E-state index in [-0.39, 0.29) is 34.4 Å². The molecule has 1 aliphatic heterocycles. The Labute approximate surface area is 214 Å². The van der Waals surface area contributed by atoms with Crippen LogP contribution in [-0.2, 0) is 4.74 Å². The minimum Gasteiger partial charge on any atom is -0.431 e. The fraction of sp³-hybridized carbons (Fsp3) is 0.828. The molecule has 7 heteroatoms. The molecule has 1 unspecified atom stereocenters. The number of hydrogen-bond acceptors (Lipinski definition) is 7. The van der Waals surface area contributed by atoms with Gasteiger partial charge in [0, 0.05) is 37.2 Å². The van der Waals surface area contributed by atoms with Crippen LogP contribution in [0.1, 0.15) is 83.1 Å². The molecule has 1 aromatic rings. The number of nitrogens with two attached hydrogens (primary N) is 1. The van der Waals surface area contributed by atoms with Crippen LogP contribution >= 0.6 is 0 Å². The Kier molecular flexibility index (Phi) is 6.01. The van der Waals surface area contributed by atoms with E-state index in [1.807, 2.05) is 6.07 Å². The lowest BCUT2D eigenvalue weighted by Crippen LogP contribution is -2.68. The van der Waals surface area contributed by atoms with Gasteiger partial charge in [0.25, 0.3) is 0 Å². The number of ether oxygens (including phenoxy) is 1. The first-order chi connectivity index (χ1) is 17.1. The fourth-order valence-corrected chi connectivity index (χ4v) is 9.83. The van der Waals surface area contributed by atoms with E-state index in [1.54, 1.807) is 6.26 Å². The zero-order chi connectivity index (χ0) is 25.3. The van der Waals surface area contributed by atoms with E-state index >= 15 is 0 Å². The molecule has 7 nitrogen and oxygen atoms in total. The molecule has 5 fully saturated rings. The van der Waals surface area contributed by atoms with E-state index in [9.17, 15) is 15.0 Å². The molecule has 1 saturated heterocycles. The Balaban J connectivity index is 1.24. The first-order valence-corrected chi connectivity index (χ1v) is 14.2. The van der Waals surface area contributed by atoms with Crippen molar-refractivity contribution in [3.8, 4) is 0 Å². The molecular formula is C29H44N2O5. The highest BCUT2D eigenvalue weighted by molar-refractivity contribution is 5.28. The quantitative estimate of drug-likeness (QED) is 0.585. The van der Waals surface area contributed by atoms with Gasteiger partial charge in [-0.05, 0) is 92.6 Å². The summed E-state index contributed by atoms with van der Waals surface area (Å²) in [6.45, 7) is 7.63. The van der Waals surface area contributed by atoms with Gasteiger partial charge in [0.2, 0.25) is 0 Å². The van der Waals surface area contributed by atoms with E-state index in [0.717, 1.165) is 83.0 Å². The minimum absolute atomic E-state index is 0.0932. The van der Waals surface area contributed by atoms with Crippen molar-refractivity contribution in [3.05, 3.63) is 34.4 Å². The average Bonchev–Trinajstić information content (AvgIpc) is 3.16. The Bertz CT molecular complexity index is 1030. The third-order valence-corrected chi connectivity index (χ3v) is 12.0. The molecule has 0 aromatic carbocycles. The smallest absolute Gasteiger partial charge is 0.335 e. The topological polar surface area (TPSA) is 109 Å². The number of nitrogens with zero attached hydrogens (tertiary/aromatic N) is 1. The molecule has 4 N–H and O–H groups in total. The Morgan fingerprint density at radius 1 is 1.03 bits per heavy atom. The van der Waals surface area contributed by atoms with E-state index < -0.39 is 11.2 Å². The largest absolute Gasteiger partial charge is 0.431 e. The van der Waals surface area contributed by atoms with Gasteiger partial charge in [-0.3, -0.25) is 4.90 Å². The number of aliphatic hydroxyl groups is 2. The van der Waals surface area contributed by atoms with Crippen molar-refractivity contribution in [2.24, 2.45) is 28.4 Å². The van der Waals surface area contributed by atoms with Crippen molar-refractivity contribution < 1.29 is 19.4 Å². The van der Waals surface area contributed by atoms with Crippen molar-refractivity contribution in [1.29, 1.82) is 0 Å². The summed E-state index contributed by atoms with van der Waals surface area (Å²) in [5, 5.41) is 24.7. The van der Waals surface area contributed by atoms with E-state index in [4.69, 9.17) is 14.9 Å². The number of rotatable bonds is 3. The van der Waals surface area contributed by atoms with Gasteiger partial charge in [-0.1, -0.05) is 13.8 Å². The zero-order valence-corrected chi connectivity index (χ0v) is 22.0. The van der Waals surface area contributed by atoms with Crippen LogP contribution in [0.2, 0.25) is 0 Å². The van der Waals surface area contributed by atoms with Crippen LogP contribution < -0.4 is 11.4 Å². The summed E-state index contributed by atoms with van der Waals surface area (Å²) < 4.78 is 11.0. The normalized spacial score (nSPS) is 49.2. The number of hydrogen-bond donors (Lipinski definition) is 3. The maximum atomic E-state index is 12.4. The third-order valence-electron chi connectivity index (χ3n) is 12.0. The second-order valence-corrected chi connectivity index (χ2v) is 13.2. The van der Waals surface area contributed by atoms with Gasteiger partial charge >= 0.3 is 5.63 Å².